The summed E-state index contributed by atoms with van der Waals surface area (Å²) in [5.41, 5.74) is 0.933. The Morgan fingerprint density at radius 2 is 1.95 bits per heavy atom. The molecule has 0 radical (unpaired) electrons. The second-order valence-corrected chi connectivity index (χ2v) is 6.58. The van der Waals surface area contributed by atoms with Crippen molar-refractivity contribution in [2.45, 2.75) is 72.3 Å². The lowest BCUT2D eigenvalue weighted by Gasteiger charge is -2.25. The first-order valence-corrected chi connectivity index (χ1v) is 8.37. The number of rotatable bonds is 11. The van der Waals surface area contributed by atoms with E-state index in [4.69, 9.17) is 4.74 Å². The van der Waals surface area contributed by atoms with Crippen LogP contribution in [0.25, 0.3) is 0 Å². The minimum atomic E-state index is -0.299. The number of hydrogen-bond donors (Lipinski definition) is 0. The normalized spacial score (nSPS) is 14.4. The van der Waals surface area contributed by atoms with Gasteiger partial charge in [0.2, 0.25) is 0 Å². The predicted molar refractivity (Wildman–Crippen MR) is 92.9 cm³/mol. The van der Waals surface area contributed by atoms with Crippen LogP contribution in [-0.4, -0.2) is 25.3 Å². The van der Waals surface area contributed by atoms with E-state index < -0.39 is 0 Å². The van der Waals surface area contributed by atoms with Gasteiger partial charge in [0.15, 0.2) is 0 Å². The van der Waals surface area contributed by atoms with E-state index in [1.54, 1.807) is 0 Å². The molecule has 0 fully saturated rings. The maximum absolute atomic E-state index is 11.1. The average molecular weight is 310 g/mol. The molecule has 128 valence electrons. The molecule has 0 rings (SSSR count). The molecular formula is C19H34O3. The second kappa shape index (κ2) is 11.5. The third kappa shape index (κ3) is 11.6. The topological polar surface area (TPSA) is 35.5 Å². The van der Waals surface area contributed by atoms with Crippen molar-refractivity contribution in [3.63, 3.8) is 0 Å². The van der Waals surface area contributed by atoms with Gasteiger partial charge in [-0.25, -0.2) is 4.79 Å². The molecule has 1 atom stereocenters. The van der Waals surface area contributed by atoms with Crippen LogP contribution in [0.3, 0.4) is 0 Å². The van der Waals surface area contributed by atoms with Gasteiger partial charge in [-0.05, 0) is 58.4 Å². The van der Waals surface area contributed by atoms with Crippen molar-refractivity contribution in [3.05, 3.63) is 23.8 Å². The SMILES string of the molecule is CCOC(C)(C)CCCC(C)CC/C=C/C(C)=C/C(=O)OC. The molecule has 0 aromatic heterocycles. The first kappa shape index (κ1) is 20.9. The summed E-state index contributed by atoms with van der Waals surface area (Å²) in [4.78, 5) is 11.1. The quantitative estimate of drug-likeness (QED) is 0.304. The van der Waals surface area contributed by atoms with Gasteiger partial charge < -0.3 is 9.47 Å². The molecule has 0 aliphatic rings. The summed E-state index contributed by atoms with van der Waals surface area (Å²) in [7, 11) is 1.39. The van der Waals surface area contributed by atoms with Crippen LogP contribution >= 0.6 is 0 Å². The molecule has 0 N–H and O–H groups in total. The molecule has 0 aliphatic heterocycles. The van der Waals surface area contributed by atoms with Crippen LogP contribution in [0.5, 0.6) is 0 Å². The van der Waals surface area contributed by atoms with E-state index in [1.165, 1.54) is 32.4 Å². The molecule has 3 heteroatoms. The lowest BCUT2D eigenvalue weighted by molar-refractivity contribution is -0.134. The van der Waals surface area contributed by atoms with E-state index in [9.17, 15) is 4.79 Å². The van der Waals surface area contributed by atoms with Crippen LogP contribution in [0.15, 0.2) is 23.8 Å². The zero-order chi connectivity index (χ0) is 17.0. The molecule has 0 amide bonds. The van der Waals surface area contributed by atoms with Crippen LogP contribution in [-0.2, 0) is 14.3 Å². The van der Waals surface area contributed by atoms with Crippen molar-refractivity contribution in [1.29, 1.82) is 0 Å². The minimum Gasteiger partial charge on any atom is -0.466 e. The van der Waals surface area contributed by atoms with Crippen molar-refractivity contribution in [2.24, 2.45) is 5.92 Å². The largest absolute Gasteiger partial charge is 0.466 e. The molecule has 0 aromatic carbocycles. The first-order valence-electron chi connectivity index (χ1n) is 8.37. The maximum Gasteiger partial charge on any atom is 0.330 e. The lowest BCUT2D eigenvalue weighted by atomic mass is 9.94. The van der Waals surface area contributed by atoms with Crippen molar-refractivity contribution >= 4 is 5.97 Å². The van der Waals surface area contributed by atoms with Gasteiger partial charge in [-0.15, -0.1) is 0 Å². The van der Waals surface area contributed by atoms with Crippen molar-refractivity contribution in [2.75, 3.05) is 13.7 Å². The number of methoxy groups -OCH3 is 1. The van der Waals surface area contributed by atoms with Gasteiger partial charge in [0.05, 0.1) is 12.7 Å². The highest BCUT2D eigenvalue weighted by atomic mass is 16.5. The van der Waals surface area contributed by atoms with Gasteiger partial charge in [-0.2, -0.15) is 0 Å². The van der Waals surface area contributed by atoms with Gasteiger partial charge in [0, 0.05) is 12.7 Å². The maximum atomic E-state index is 11.1. The molecule has 1 unspecified atom stereocenters. The smallest absolute Gasteiger partial charge is 0.330 e. The van der Waals surface area contributed by atoms with Crippen LogP contribution in [0.1, 0.15) is 66.7 Å². The summed E-state index contributed by atoms with van der Waals surface area (Å²) in [6, 6.07) is 0. The zero-order valence-corrected chi connectivity index (χ0v) is 15.3. The molecular weight excluding hydrogens is 276 g/mol. The Hall–Kier alpha value is -1.09. The summed E-state index contributed by atoms with van der Waals surface area (Å²) in [6.45, 7) is 11.4. The van der Waals surface area contributed by atoms with Gasteiger partial charge in [-0.3, -0.25) is 0 Å². The summed E-state index contributed by atoms with van der Waals surface area (Å²) in [5.74, 6) is 0.416. The predicted octanol–water partition coefficient (Wildman–Crippen LogP) is 5.06. The van der Waals surface area contributed by atoms with Gasteiger partial charge in [0.25, 0.3) is 0 Å². The van der Waals surface area contributed by atoms with Crippen LogP contribution in [0, 0.1) is 5.92 Å². The third-order valence-electron chi connectivity index (χ3n) is 3.76. The van der Waals surface area contributed by atoms with E-state index in [0.29, 0.717) is 5.92 Å². The number of ether oxygens (including phenoxy) is 2. The van der Waals surface area contributed by atoms with Crippen molar-refractivity contribution in [1.82, 2.24) is 0 Å². The molecule has 0 saturated carbocycles. The fourth-order valence-corrected chi connectivity index (χ4v) is 2.43. The number of allylic oxidation sites excluding steroid dienone is 3. The highest BCUT2D eigenvalue weighted by Crippen LogP contribution is 2.21. The van der Waals surface area contributed by atoms with E-state index in [1.807, 2.05) is 19.9 Å². The molecule has 0 bridgehead atoms. The standard InChI is InChI=1S/C19H34O3/c1-7-22-19(4,5)14-10-13-16(2)11-8-9-12-17(3)15-18(20)21-6/h9,12,15-16H,7-8,10-11,13-14H2,1-6H3/b12-9+,17-15+. The van der Waals surface area contributed by atoms with E-state index in [2.05, 4.69) is 31.6 Å². The van der Waals surface area contributed by atoms with Gasteiger partial charge in [0.1, 0.15) is 0 Å². The molecule has 0 heterocycles. The molecule has 0 aromatic rings. The number of hydrogen-bond acceptors (Lipinski definition) is 3. The highest BCUT2D eigenvalue weighted by Gasteiger charge is 2.17. The molecule has 22 heavy (non-hydrogen) atoms. The molecule has 0 spiro atoms. The zero-order valence-electron chi connectivity index (χ0n) is 15.3. The van der Waals surface area contributed by atoms with Crippen molar-refractivity contribution < 1.29 is 14.3 Å². The Labute approximate surface area is 136 Å². The Bertz CT molecular complexity index is 367. The van der Waals surface area contributed by atoms with E-state index in [-0.39, 0.29) is 11.6 Å². The monoisotopic (exact) mass is 310 g/mol. The van der Waals surface area contributed by atoms with Crippen LogP contribution in [0.4, 0.5) is 0 Å². The van der Waals surface area contributed by atoms with Crippen LogP contribution < -0.4 is 0 Å². The Balaban J connectivity index is 3.88. The van der Waals surface area contributed by atoms with Gasteiger partial charge >= 0.3 is 5.97 Å². The van der Waals surface area contributed by atoms with Crippen molar-refractivity contribution in [3.8, 4) is 0 Å². The number of carbonyl (C=O) groups is 1. The summed E-state index contributed by atoms with van der Waals surface area (Å²) in [6.07, 6.45) is 11.4. The Morgan fingerprint density at radius 1 is 1.27 bits per heavy atom. The molecule has 0 saturated heterocycles. The molecule has 3 nitrogen and oxygen atoms in total. The van der Waals surface area contributed by atoms with Crippen LogP contribution in [0.2, 0.25) is 0 Å². The second-order valence-electron chi connectivity index (χ2n) is 6.58. The van der Waals surface area contributed by atoms with Gasteiger partial charge in [-0.1, -0.05) is 31.9 Å². The lowest BCUT2D eigenvalue weighted by Crippen LogP contribution is -2.24. The fraction of sp³-hybridized carbons (Fsp3) is 0.737. The molecule has 0 aliphatic carbocycles. The third-order valence-corrected chi connectivity index (χ3v) is 3.76. The minimum absolute atomic E-state index is 0.00413. The average Bonchev–Trinajstić information content (AvgIpc) is 2.43. The summed E-state index contributed by atoms with van der Waals surface area (Å²) >= 11 is 0. The number of carbonyl (C=O) groups excluding carboxylic acids is 1. The summed E-state index contributed by atoms with van der Waals surface area (Å²) < 4.78 is 10.3. The fourth-order valence-electron chi connectivity index (χ4n) is 2.43. The first-order chi connectivity index (χ1) is 10.3. The van der Waals surface area contributed by atoms with E-state index in [0.717, 1.165) is 25.0 Å². The Morgan fingerprint density at radius 3 is 2.55 bits per heavy atom. The Kier molecular flexibility index (Phi) is 10.9. The number of esters is 1. The summed E-state index contributed by atoms with van der Waals surface area (Å²) in [5, 5.41) is 0. The highest BCUT2D eigenvalue weighted by molar-refractivity contribution is 5.83. The van der Waals surface area contributed by atoms with E-state index >= 15 is 0 Å².